The van der Waals surface area contributed by atoms with E-state index in [0.717, 1.165) is 16.8 Å². The molecule has 2 rings (SSSR count). The van der Waals surface area contributed by atoms with Crippen molar-refractivity contribution in [2.45, 2.75) is 12.5 Å². The van der Waals surface area contributed by atoms with Crippen LogP contribution in [0.1, 0.15) is 6.42 Å². The molecule has 1 amide bonds. The SMILES string of the molecule is COCC(O)CN(C)CCC(=O)Nc1ccccc1-c1ccccc1. The lowest BCUT2D eigenvalue weighted by molar-refractivity contribution is -0.116. The predicted octanol–water partition coefficient (Wildman–Crippen LogP) is 2.62. The number of methoxy groups -OCH3 is 1. The first-order valence-corrected chi connectivity index (χ1v) is 8.40. The zero-order valence-electron chi connectivity index (χ0n) is 14.8. The Labute approximate surface area is 149 Å². The number of ether oxygens (including phenoxy) is 1. The maximum Gasteiger partial charge on any atom is 0.225 e. The van der Waals surface area contributed by atoms with Gasteiger partial charge in [-0.25, -0.2) is 0 Å². The number of rotatable bonds is 9. The van der Waals surface area contributed by atoms with E-state index in [-0.39, 0.29) is 5.91 Å². The molecule has 5 heteroatoms. The van der Waals surface area contributed by atoms with Gasteiger partial charge in [0.2, 0.25) is 5.91 Å². The van der Waals surface area contributed by atoms with Crippen LogP contribution in [0, 0.1) is 0 Å². The van der Waals surface area contributed by atoms with Gasteiger partial charge in [0.1, 0.15) is 0 Å². The van der Waals surface area contributed by atoms with Gasteiger partial charge in [0.15, 0.2) is 0 Å². The van der Waals surface area contributed by atoms with Crippen molar-refractivity contribution in [3.63, 3.8) is 0 Å². The van der Waals surface area contributed by atoms with E-state index in [2.05, 4.69) is 5.32 Å². The van der Waals surface area contributed by atoms with Gasteiger partial charge in [-0.3, -0.25) is 4.79 Å². The van der Waals surface area contributed by atoms with Crippen LogP contribution in [0.5, 0.6) is 0 Å². The molecular formula is C20H26N2O3. The van der Waals surface area contributed by atoms with E-state index in [0.29, 0.717) is 26.1 Å². The molecule has 0 radical (unpaired) electrons. The Hall–Kier alpha value is -2.21. The van der Waals surface area contributed by atoms with E-state index < -0.39 is 6.10 Å². The van der Waals surface area contributed by atoms with Crippen molar-refractivity contribution in [3.05, 3.63) is 54.6 Å². The molecule has 0 spiro atoms. The normalized spacial score (nSPS) is 12.2. The van der Waals surface area contributed by atoms with E-state index in [9.17, 15) is 9.90 Å². The molecule has 2 aromatic rings. The third-order valence-electron chi connectivity index (χ3n) is 3.89. The standard InChI is InChI=1S/C20H26N2O3/c1-22(14-17(23)15-25-2)13-12-20(24)21-19-11-7-6-10-18(19)16-8-4-3-5-9-16/h3-11,17,23H,12-15H2,1-2H3,(H,21,24). The number of hydrogen-bond acceptors (Lipinski definition) is 4. The Morgan fingerprint density at radius 2 is 1.84 bits per heavy atom. The first-order valence-electron chi connectivity index (χ1n) is 8.40. The number of carbonyl (C=O) groups is 1. The molecule has 0 aliphatic rings. The zero-order chi connectivity index (χ0) is 18.1. The van der Waals surface area contributed by atoms with Crippen LogP contribution in [0.4, 0.5) is 5.69 Å². The lowest BCUT2D eigenvalue weighted by atomic mass is 10.0. The number of hydrogen-bond donors (Lipinski definition) is 2. The second-order valence-corrected chi connectivity index (χ2v) is 6.08. The van der Waals surface area contributed by atoms with Crippen molar-refractivity contribution in [2.75, 3.05) is 39.2 Å². The number of nitrogens with zero attached hydrogens (tertiary/aromatic N) is 1. The van der Waals surface area contributed by atoms with Crippen molar-refractivity contribution in [1.82, 2.24) is 4.90 Å². The van der Waals surface area contributed by atoms with Gasteiger partial charge in [0.05, 0.1) is 12.7 Å². The second kappa shape index (κ2) is 9.93. The molecule has 0 aliphatic carbocycles. The topological polar surface area (TPSA) is 61.8 Å². The molecule has 25 heavy (non-hydrogen) atoms. The smallest absolute Gasteiger partial charge is 0.225 e. The average molecular weight is 342 g/mol. The highest BCUT2D eigenvalue weighted by Gasteiger charge is 2.11. The fraction of sp³-hybridized carbons (Fsp3) is 0.350. The highest BCUT2D eigenvalue weighted by atomic mass is 16.5. The molecule has 1 unspecified atom stereocenters. The van der Waals surface area contributed by atoms with Gasteiger partial charge in [0, 0.05) is 37.9 Å². The zero-order valence-corrected chi connectivity index (χ0v) is 14.8. The minimum absolute atomic E-state index is 0.0449. The van der Waals surface area contributed by atoms with Crippen LogP contribution >= 0.6 is 0 Å². The van der Waals surface area contributed by atoms with Crippen LogP contribution in [-0.4, -0.2) is 55.9 Å². The fourth-order valence-corrected chi connectivity index (χ4v) is 2.66. The molecule has 2 N–H and O–H groups in total. The fourth-order valence-electron chi connectivity index (χ4n) is 2.66. The molecule has 1 atom stereocenters. The summed E-state index contributed by atoms with van der Waals surface area (Å²) in [7, 11) is 3.44. The number of likely N-dealkylation sites (N-methyl/N-ethyl adjacent to an activating group) is 1. The Balaban J connectivity index is 1.91. The Morgan fingerprint density at radius 1 is 1.16 bits per heavy atom. The van der Waals surface area contributed by atoms with E-state index >= 15 is 0 Å². The van der Waals surface area contributed by atoms with E-state index in [1.807, 2.05) is 66.5 Å². The van der Waals surface area contributed by atoms with Gasteiger partial charge in [-0.15, -0.1) is 0 Å². The number of benzene rings is 2. The Bertz CT molecular complexity index is 661. The molecule has 2 aromatic carbocycles. The summed E-state index contributed by atoms with van der Waals surface area (Å²) < 4.78 is 4.91. The summed E-state index contributed by atoms with van der Waals surface area (Å²) in [6, 6.07) is 17.8. The Morgan fingerprint density at radius 3 is 2.56 bits per heavy atom. The van der Waals surface area contributed by atoms with Crippen molar-refractivity contribution in [3.8, 4) is 11.1 Å². The molecule has 0 bridgehead atoms. The predicted molar refractivity (Wildman–Crippen MR) is 101 cm³/mol. The molecule has 134 valence electrons. The maximum atomic E-state index is 12.3. The van der Waals surface area contributed by atoms with Crippen molar-refractivity contribution < 1.29 is 14.6 Å². The summed E-state index contributed by atoms with van der Waals surface area (Å²) in [5.74, 6) is -0.0449. The molecule has 0 heterocycles. The highest BCUT2D eigenvalue weighted by Crippen LogP contribution is 2.27. The molecule has 0 fully saturated rings. The first-order chi connectivity index (χ1) is 12.1. The molecule has 0 aromatic heterocycles. The summed E-state index contributed by atoms with van der Waals surface area (Å²) in [6.07, 6.45) is -0.184. The van der Waals surface area contributed by atoms with Gasteiger partial charge in [-0.1, -0.05) is 48.5 Å². The molecule has 0 saturated carbocycles. The summed E-state index contributed by atoms with van der Waals surface area (Å²) in [5, 5.41) is 12.7. The number of nitrogens with one attached hydrogen (secondary N) is 1. The van der Waals surface area contributed by atoms with Crippen LogP contribution in [0.2, 0.25) is 0 Å². The first kappa shape index (κ1) is 19.1. The van der Waals surface area contributed by atoms with Gasteiger partial charge < -0.3 is 20.1 Å². The van der Waals surface area contributed by atoms with Crippen molar-refractivity contribution in [1.29, 1.82) is 0 Å². The minimum atomic E-state index is -0.545. The summed E-state index contributed by atoms with van der Waals surface area (Å²) in [4.78, 5) is 14.2. The lowest BCUT2D eigenvalue weighted by Gasteiger charge is -2.20. The lowest BCUT2D eigenvalue weighted by Crippen LogP contribution is -2.33. The summed E-state index contributed by atoms with van der Waals surface area (Å²) in [5.41, 5.74) is 2.87. The van der Waals surface area contributed by atoms with Gasteiger partial charge in [-0.05, 0) is 18.7 Å². The van der Waals surface area contributed by atoms with Crippen LogP contribution < -0.4 is 5.32 Å². The molecule has 5 nitrogen and oxygen atoms in total. The highest BCUT2D eigenvalue weighted by molar-refractivity contribution is 5.95. The van der Waals surface area contributed by atoms with Crippen molar-refractivity contribution in [2.24, 2.45) is 0 Å². The average Bonchev–Trinajstić information content (AvgIpc) is 2.61. The number of carbonyl (C=O) groups excluding carboxylic acids is 1. The van der Waals surface area contributed by atoms with Crippen molar-refractivity contribution >= 4 is 11.6 Å². The quantitative estimate of drug-likeness (QED) is 0.735. The third kappa shape index (κ3) is 6.31. The van der Waals surface area contributed by atoms with E-state index in [4.69, 9.17) is 4.74 Å². The van der Waals surface area contributed by atoms with Gasteiger partial charge in [-0.2, -0.15) is 0 Å². The number of anilines is 1. The largest absolute Gasteiger partial charge is 0.389 e. The number of para-hydroxylation sites is 1. The molecular weight excluding hydrogens is 316 g/mol. The van der Waals surface area contributed by atoms with Gasteiger partial charge in [0.25, 0.3) is 0 Å². The Kier molecular flexibility index (Phi) is 7.60. The number of amides is 1. The maximum absolute atomic E-state index is 12.3. The number of aliphatic hydroxyl groups is 1. The minimum Gasteiger partial charge on any atom is -0.389 e. The number of aliphatic hydroxyl groups excluding tert-OH is 1. The summed E-state index contributed by atoms with van der Waals surface area (Å²) >= 11 is 0. The third-order valence-corrected chi connectivity index (χ3v) is 3.89. The van der Waals surface area contributed by atoms with Crippen LogP contribution in [-0.2, 0) is 9.53 Å². The monoisotopic (exact) mass is 342 g/mol. The summed E-state index contributed by atoms with van der Waals surface area (Å²) in [6.45, 7) is 1.34. The molecule has 0 saturated heterocycles. The second-order valence-electron chi connectivity index (χ2n) is 6.08. The van der Waals surface area contributed by atoms with Crippen LogP contribution in [0.25, 0.3) is 11.1 Å². The molecule has 0 aliphatic heterocycles. The van der Waals surface area contributed by atoms with Gasteiger partial charge >= 0.3 is 0 Å². The van der Waals surface area contributed by atoms with E-state index in [1.54, 1.807) is 7.11 Å². The van der Waals surface area contributed by atoms with Crippen LogP contribution in [0.15, 0.2) is 54.6 Å². The van der Waals surface area contributed by atoms with Crippen LogP contribution in [0.3, 0.4) is 0 Å². The van der Waals surface area contributed by atoms with E-state index in [1.165, 1.54) is 0 Å².